The number of carbonyl (C=O) groups is 1. The van der Waals surface area contributed by atoms with Crippen molar-refractivity contribution in [3.8, 4) is 11.1 Å². The van der Waals surface area contributed by atoms with Gasteiger partial charge >= 0.3 is 6.03 Å². The Kier molecular flexibility index (Phi) is 6.00. The van der Waals surface area contributed by atoms with E-state index in [4.69, 9.17) is 16.7 Å². The van der Waals surface area contributed by atoms with Crippen molar-refractivity contribution in [3.63, 3.8) is 0 Å². The summed E-state index contributed by atoms with van der Waals surface area (Å²) in [6.45, 7) is 1.62. The van der Waals surface area contributed by atoms with Crippen LogP contribution in [-0.2, 0) is 19.9 Å². The molecule has 0 saturated carbocycles. The second-order valence-electron chi connectivity index (χ2n) is 8.36. The lowest BCUT2D eigenvalue weighted by molar-refractivity contribution is 0.121. The highest BCUT2D eigenvalue weighted by Crippen LogP contribution is 2.33. The number of halogens is 1. The Morgan fingerprint density at radius 3 is 2.22 bits per heavy atom. The van der Waals surface area contributed by atoms with Crippen molar-refractivity contribution in [2.75, 3.05) is 32.4 Å². The Balaban J connectivity index is 1.42. The van der Waals surface area contributed by atoms with Crippen LogP contribution in [0.5, 0.6) is 0 Å². The Labute approximate surface area is 192 Å². The molecule has 2 heterocycles. The number of amides is 2. The second kappa shape index (κ2) is 8.33. The van der Waals surface area contributed by atoms with Gasteiger partial charge in [-0.05, 0) is 29.7 Å². The molecule has 0 aliphatic carbocycles. The van der Waals surface area contributed by atoms with Crippen LogP contribution in [0.1, 0.15) is 17.9 Å². The summed E-state index contributed by atoms with van der Waals surface area (Å²) >= 11 is 5.98. The summed E-state index contributed by atoms with van der Waals surface area (Å²) in [4.78, 5) is 16.0. The van der Waals surface area contributed by atoms with Crippen molar-refractivity contribution in [3.05, 3.63) is 53.1 Å². The van der Waals surface area contributed by atoms with Crippen LogP contribution in [0, 0.1) is 0 Å². The van der Waals surface area contributed by atoms with Crippen molar-refractivity contribution >= 4 is 37.5 Å². The number of hydrogen-bond acceptors (Lipinski definition) is 5. The first-order chi connectivity index (χ1) is 14.9. The van der Waals surface area contributed by atoms with Gasteiger partial charge in [-0.2, -0.15) is 0 Å². The number of urea groups is 1. The van der Waals surface area contributed by atoms with E-state index in [9.17, 15) is 21.6 Å². The van der Waals surface area contributed by atoms with Crippen LogP contribution in [0.4, 0.5) is 4.79 Å². The van der Waals surface area contributed by atoms with Crippen LogP contribution >= 0.6 is 11.6 Å². The van der Waals surface area contributed by atoms with Crippen LogP contribution in [0.3, 0.4) is 0 Å². The minimum absolute atomic E-state index is 0.136. The zero-order valence-electron chi connectivity index (χ0n) is 17.4. The number of nitrogens with two attached hydrogens (primary N) is 1. The normalized spacial score (nSPS) is 19.8. The number of primary sulfonamides is 1. The van der Waals surface area contributed by atoms with E-state index < -0.39 is 25.1 Å². The summed E-state index contributed by atoms with van der Waals surface area (Å²) in [5.41, 5.74) is 2.41. The smallest absolute Gasteiger partial charge is 0.320 e. The summed E-state index contributed by atoms with van der Waals surface area (Å²) < 4.78 is 47.3. The summed E-state index contributed by atoms with van der Waals surface area (Å²) in [6.07, 6.45) is 1.52. The molecule has 32 heavy (non-hydrogen) atoms. The number of rotatable bonds is 4. The van der Waals surface area contributed by atoms with Gasteiger partial charge in [-0.15, -0.1) is 0 Å². The van der Waals surface area contributed by atoms with Crippen LogP contribution < -0.4 is 5.14 Å². The van der Waals surface area contributed by atoms with E-state index in [1.165, 1.54) is 6.07 Å². The minimum Gasteiger partial charge on any atom is -0.323 e. The molecule has 2 saturated heterocycles. The average molecular weight is 498 g/mol. The maximum Gasteiger partial charge on any atom is 0.320 e. The van der Waals surface area contributed by atoms with Crippen LogP contribution in [-0.4, -0.2) is 70.4 Å². The van der Waals surface area contributed by atoms with E-state index in [0.717, 1.165) is 17.4 Å². The molecule has 11 heteroatoms. The molecule has 2 aromatic carbocycles. The van der Waals surface area contributed by atoms with E-state index in [0.29, 0.717) is 36.6 Å². The molecule has 0 radical (unpaired) electrons. The Hall–Kier alpha value is -2.14. The third kappa shape index (κ3) is 4.63. The first-order valence-corrected chi connectivity index (χ1v) is 14.0. The fourth-order valence-corrected chi connectivity index (χ4v) is 6.18. The van der Waals surface area contributed by atoms with E-state index in [-0.39, 0.29) is 23.4 Å². The largest absolute Gasteiger partial charge is 0.323 e. The lowest BCUT2D eigenvalue weighted by Gasteiger charge is -2.41. The molecule has 0 spiro atoms. The Morgan fingerprint density at radius 2 is 1.66 bits per heavy atom. The Bertz CT molecular complexity index is 1260. The standard InChI is InChI=1S/C21H24ClN3O5S2/c1-31(27,28)20-10-17(22)6-7-19(20)15-4-2-14(3-5-15)16-11-25(12-16)21(26)24-9-8-18(13-24)32(23,29)30/h2-7,10,16,18H,8-9,11-13H2,1H3,(H2,23,29,30)/t18-/m1/s1. The van der Waals surface area contributed by atoms with Gasteiger partial charge in [0.2, 0.25) is 10.0 Å². The van der Waals surface area contributed by atoms with Crippen LogP contribution in [0.15, 0.2) is 47.4 Å². The van der Waals surface area contributed by atoms with Gasteiger partial charge < -0.3 is 9.80 Å². The van der Waals surface area contributed by atoms with Gasteiger partial charge in [-0.25, -0.2) is 26.8 Å². The van der Waals surface area contributed by atoms with Crippen LogP contribution in [0.2, 0.25) is 5.02 Å². The zero-order chi connectivity index (χ0) is 23.3. The summed E-state index contributed by atoms with van der Waals surface area (Å²) in [7, 11) is -7.08. The molecule has 172 valence electrons. The monoisotopic (exact) mass is 497 g/mol. The third-order valence-electron chi connectivity index (χ3n) is 6.07. The first-order valence-electron chi connectivity index (χ1n) is 10.1. The molecule has 0 unspecified atom stereocenters. The van der Waals surface area contributed by atoms with E-state index in [2.05, 4.69) is 0 Å². The number of benzene rings is 2. The number of sulfone groups is 1. The fourth-order valence-electron chi connectivity index (χ4n) is 4.19. The van der Waals surface area contributed by atoms with Gasteiger partial charge in [0.05, 0.1) is 10.1 Å². The first kappa shape index (κ1) is 23.0. The number of likely N-dealkylation sites (tertiary alicyclic amines) is 2. The minimum atomic E-state index is -3.64. The second-order valence-corrected chi connectivity index (χ2v) is 12.6. The topological polar surface area (TPSA) is 118 Å². The summed E-state index contributed by atoms with van der Waals surface area (Å²) in [5, 5.41) is 4.87. The predicted octanol–water partition coefficient (Wildman–Crippen LogP) is 2.29. The molecule has 2 amide bonds. The molecule has 2 aliphatic rings. The Morgan fingerprint density at radius 1 is 1.00 bits per heavy atom. The fraction of sp³-hybridized carbons (Fsp3) is 0.381. The molecular formula is C21H24ClN3O5S2. The maximum atomic E-state index is 12.6. The molecule has 1 atom stereocenters. The number of hydrogen-bond donors (Lipinski definition) is 1. The highest BCUT2D eigenvalue weighted by molar-refractivity contribution is 7.91. The van der Waals surface area contributed by atoms with Crippen molar-refractivity contribution < 1.29 is 21.6 Å². The number of nitrogens with zero attached hydrogens (tertiary/aromatic N) is 2. The predicted molar refractivity (Wildman–Crippen MR) is 123 cm³/mol. The van der Waals surface area contributed by atoms with E-state index >= 15 is 0 Å². The van der Waals surface area contributed by atoms with Gasteiger partial charge in [0, 0.05) is 48.9 Å². The van der Waals surface area contributed by atoms with Crippen molar-refractivity contribution in [1.29, 1.82) is 0 Å². The molecule has 0 aromatic heterocycles. The van der Waals surface area contributed by atoms with Gasteiger partial charge in [0.1, 0.15) is 0 Å². The lowest BCUT2D eigenvalue weighted by Crippen LogP contribution is -2.53. The highest BCUT2D eigenvalue weighted by atomic mass is 35.5. The average Bonchev–Trinajstić information content (AvgIpc) is 3.17. The molecule has 0 bridgehead atoms. The zero-order valence-corrected chi connectivity index (χ0v) is 19.8. The van der Waals surface area contributed by atoms with Gasteiger partial charge in [0.25, 0.3) is 0 Å². The SMILES string of the molecule is CS(=O)(=O)c1cc(Cl)ccc1-c1ccc(C2CN(C(=O)N3CC[C@@H](S(N)(=O)=O)C3)C2)cc1. The van der Waals surface area contributed by atoms with Gasteiger partial charge in [-0.1, -0.05) is 41.9 Å². The highest BCUT2D eigenvalue weighted by Gasteiger charge is 2.39. The van der Waals surface area contributed by atoms with Crippen LogP contribution in [0.25, 0.3) is 11.1 Å². The number of sulfonamides is 1. The lowest BCUT2D eigenvalue weighted by atomic mass is 9.90. The molecule has 2 fully saturated rings. The quantitative estimate of drug-likeness (QED) is 0.695. The van der Waals surface area contributed by atoms with Crippen molar-refractivity contribution in [1.82, 2.24) is 9.80 Å². The van der Waals surface area contributed by atoms with Crippen molar-refractivity contribution in [2.24, 2.45) is 5.14 Å². The van der Waals surface area contributed by atoms with E-state index in [1.807, 2.05) is 24.3 Å². The molecule has 2 aliphatic heterocycles. The number of carbonyl (C=O) groups excluding carboxylic acids is 1. The molecule has 8 nitrogen and oxygen atoms in total. The third-order valence-corrected chi connectivity index (χ3v) is 8.75. The molecule has 2 N–H and O–H groups in total. The summed E-state index contributed by atoms with van der Waals surface area (Å²) in [5.74, 6) is 0.171. The van der Waals surface area contributed by atoms with Crippen molar-refractivity contribution in [2.45, 2.75) is 22.5 Å². The maximum absolute atomic E-state index is 12.6. The molecular weight excluding hydrogens is 474 g/mol. The molecule has 2 aromatic rings. The van der Waals surface area contributed by atoms with Gasteiger partial charge in [0.15, 0.2) is 9.84 Å². The summed E-state index contributed by atoms with van der Waals surface area (Å²) in [6, 6.07) is 12.3. The van der Waals surface area contributed by atoms with E-state index in [1.54, 1.807) is 21.9 Å². The van der Waals surface area contributed by atoms with Gasteiger partial charge in [-0.3, -0.25) is 0 Å². The molecule has 4 rings (SSSR count).